The van der Waals surface area contributed by atoms with Gasteiger partial charge in [-0.3, -0.25) is 0 Å². The second-order valence-electron chi connectivity index (χ2n) is 3.32. The van der Waals surface area contributed by atoms with Gasteiger partial charge >= 0.3 is 0 Å². The number of benzene rings is 1. The zero-order valence-corrected chi connectivity index (χ0v) is 11.1. The molecule has 1 aromatic rings. The Morgan fingerprint density at radius 2 is 2.14 bits per heavy atom. The molecule has 0 N–H and O–H groups in total. The Balaban J connectivity index is 2.69. The van der Waals surface area contributed by atoms with Crippen molar-refractivity contribution in [2.45, 2.75) is 24.9 Å². The monoisotopic (exact) mass is 274 g/mol. The van der Waals surface area contributed by atoms with Crippen molar-refractivity contribution in [1.29, 1.82) is 0 Å². The molecule has 3 heteroatoms. The first kappa shape index (κ1) is 11.9. The van der Waals surface area contributed by atoms with E-state index in [1.165, 1.54) is 5.56 Å². The molecular weight excluding hydrogens is 260 g/mol. The van der Waals surface area contributed by atoms with Crippen LogP contribution >= 0.6 is 27.7 Å². The minimum absolute atomic E-state index is 0.670. The number of rotatable bonds is 4. The van der Waals surface area contributed by atoms with Crippen LogP contribution in [0.4, 0.5) is 0 Å². The smallest absolute Gasteiger partial charge is 0.120 e. The summed E-state index contributed by atoms with van der Waals surface area (Å²) in [4.78, 5) is 0. The predicted octanol–water partition coefficient (Wildman–Crippen LogP) is 4.10. The van der Waals surface area contributed by atoms with Gasteiger partial charge in [0.25, 0.3) is 0 Å². The average molecular weight is 275 g/mol. The highest BCUT2D eigenvalue weighted by Gasteiger charge is 2.03. The molecule has 0 spiro atoms. The van der Waals surface area contributed by atoms with Crippen molar-refractivity contribution in [2.75, 3.05) is 7.11 Å². The molecule has 0 bridgehead atoms. The maximum absolute atomic E-state index is 5.14. The van der Waals surface area contributed by atoms with Crippen LogP contribution in [0, 0.1) is 0 Å². The number of halogens is 1. The number of thioether (sulfide) groups is 1. The molecule has 0 aliphatic rings. The van der Waals surface area contributed by atoms with Gasteiger partial charge in [-0.05, 0) is 22.9 Å². The molecule has 0 aromatic heterocycles. The SMILES string of the molecule is COc1ccc(CSC(C)C)c(Br)c1. The summed E-state index contributed by atoms with van der Waals surface area (Å²) in [5, 5.41) is 0.670. The van der Waals surface area contributed by atoms with E-state index >= 15 is 0 Å². The van der Waals surface area contributed by atoms with Crippen molar-refractivity contribution in [3.05, 3.63) is 28.2 Å². The van der Waals surface area contributed by atoms with Crippen LogP contribution in [0.25, 0.3) is 0 Å². The molecule has 0 atom stereocenters. The van der Waals surface area contributed by atoms with Gasteiger partial charge < -0.3 is 4.74 Å². The fourth-order valence-electron chi connectivity index (χ4n) is 1.03. The Bertz CT molecular complexity index is 299. The quantitative estimate of drug-likeness (QED) is 0.818. The molecule has 0 fully saturated rings. The Hall–Kier alpha value is -0.150. The lowest BCUT2D eigenvalue weighted by atomic mass is 10.2. The van der Waals surface area contributed by atoms with E-state index in [4.69, 9.17) is 4.74 Å². The number of hydrogen-bond donors (Lipinski definition) is 0. The van der Waals surface area contributed by atoms with Crippen LogP contribution in [-0.4, -0.2) is 12.4 Å². The van der Waals surface area contributed by atoms with Gasteiger partial charge in [0.15, 0.2) is 0 Å². The molecule has 0 radical (unpaired) electrons. The molecule has 1 rings (SSSR count). The van der Waals surface area contributed by atoms with Gasteiger partial charge in [-0.25, -0.2) is 0 Å². The van der Waals surface area contributed by atoms with Gasteiger partial charge in [-0.15, -0.1) is 0 Å². The molecule has 0 heterocycles. The normalized spacial score (nSPS) is 10.6. The van der Waals surface area contributed by atoms with E-state index in [2.05, 4.69) is 35.8 Å². The van der Waals surface area contributed by atoms with Gasteiger partial charge in [0.05, 0.1) is 7.11 Å². The average Bonchev–Trinajstić information content (AvgIpc) is 2.15. The summed E-state index contributed by atoms with van der Waals surface area (Å²) in [7, 11) is 1.68. The summed E-state index contributed by atoms with van der Waals surface area (Å²) in [5.41, 5.74) is 1.32. The first-order valence-corrected chi connectivity index (χ1v) is 6.41. The third-order valence-electron chi connectivity index (χ3n) is 1.83. The lowest BCUT2D eigenvalue weighted by molar-refractivity contribution is 0.414. The fourth-order valence-corrected chi connectivity index (χ4v) is 2.48. The highest BCUT2D eigenvalue weighted by atomic mass is 79.9. The standard InChI is InChI=1S/C11H15BrOS/c1-8(2)14-7-9-4-5-10(13-3)6-11(9)12/h4-6,8H,7H2,1-3H3. The van der Waals surface area contributed by atoms with E-state index < -0.39 is 0 Å². The lowest BCUT2D eigenvalue weighted by Crippen LogP contribution is -1.91. The minimum atomic E-state index is 0.670. The molecule has 0 unspecified atom stereocenters. The Labute approximate surface area is 98.4 Å². The van der Waals surface area contributed by atoms with Gasteiger partial charge in [0.1, 0.15) is 5.75 Å². The van der Waals surface area contributed by atoms with Crippen LogP contribution in [0.3, 0.4) is 0 Å². The van der Waals surface area contributed by atoms with Crippen LogP contribution in [-0.2, 0) is 5.75 Å². The highest BCUT2D eigenvalue weighted by molar-refractivity contribution is 9.10. The molecular formula is C11H15BrOS. The van der Waals surface area contributed by atoms with Crippen molar-refractivity contribution in [1.82, 2.24) is 0 Å². The maximum Gasteiger partial charge on any atom is 0.120 e. The van der Waals surface area contributed by atoms with Crippen LogP contribution < -0.4 is 4.74 Å². The molecule has 14 heavy (non-hydrogen) atoms. The van der Waals surface area contributed by atoms with E-state index in [0.29, 0.717) is 5.25 Å². The molecule has 0 saturated heterocycles. The summed E-state index contributed by atoms with van der Waals surface area (Å²) < 4.78 is 6.27. The minimum Gasteiger partial charge on any atom is -0.497 e. The lowest BCUT2D eigenvalue weighted by Gasteiger charge is -2.08. The molecule has 0 aliphatic carbocycles. The van der Waals surface area contributed by atoms with Crippen molar-refractivity contribution in [3.8, 4) is 5.75 Å². The van der Waals surface area contributed by atoms with Gasteiger partial charge in [-0.1, -0.05) is 35.8 Å². The van der Waals surface area contributed by atoms with Gasteiger partial charge in [0, 0.05) is 10.2 Å². The fraction of sp³-hybridized carbons (Fsp3) is 0.455. The van der Waals surface area contributed by atoms with E-state index in [1.54, 1.807) is 7.11 Å². The van der Waals surface area contributed by atoms with E-state index in [1.807, 2.05) is 23.9 Å². The second-order valence-corrected chi connectivity index (χ2v) is 5.74. The van der Waals surface area contributed by atoms with Crippen LogP contribution in [0.1, 0.15) is 19.4 Å². The van der Waals surface area contributed by atoms with E-state index in [9.17, 15) is 0 Å². The summed E-state index contributed by atoms with van der Waals surface area (Å²) >= 11 is 5.49. The summed E-state index contributed by atoms with van der Waals surface area (Å²) in [6, 6.07) is 6.12. The van der Waals surface area contributed by atoms with Crippen molar-refractivity contribution >= 4 is 27.7 Å². The maximum atomic E-state index is 5.14. The zero-order chi connectivity index (χ0) is 10.6. The Morgan fingerprint density at radius 3 is 2.64 bits per heavy atom. The van der Waals surface area contributed by atoms with Crippen molar-refractivity contribution in [2.24, 2.45) is 0 Å². The van der Waals surface area contributed by atoms with Gasteiger partial charge in [0.2, 0.25) is 0 Å². The van der Waals surface area contributed by atoms with Crippen molar-refractivity contribution in [3.63, 3.8) is 0 Å². The Kier molecular flexibility index (Phi) is 4.82. The van der Waals surface area contributed by atoms with Crippen molar-refractivity contribution < 1.29 is 4.74 Å². The number of methoxy groups -OCH3 is 1. The number of ether oxygens (including phenoxy) is 1. The third-order valence-corrected chi connectivity index (χ3v) is 3.71. The molecule has 0 saturated carbocycles. The molecule has 0 amide bonds. The summed E-state index contributed by atoms with van der Waals surface area (Å²) in [5.74, 6) is 1.94. The molecule has 1 aromatic carbocycles. The summed E-state index contributed by atoms with van der Waals surface area (Å²) in [6.07, 6.45) is 0. The van der Waals surface area contributed by atoms with E-state index in [-0.39, 0.29) is 0 Å². The zero-order valence-electron chi connectivity index (χ0n) is 8.71. The molecule has 78 valence electrons. The van der Waals surface area contributed by atoms with Gasteiger partial charge in [-0.2, -0.15) is 11.8 Å². The highest BCUT2D eigenvalue weighted by Crippen LogP contribution is 2.27. The summed E-state index contributed by atoms with van der Waals surface area (Å²) in [6.45, 7) is 4.42. The number of hydrogen-bond acceptors (Lipinski definition) is 2. The predicted molar refractivity (Wildman–Crippen MR) is 67.1 cm³/mol. The molecule has 1 nitrogen and oxygen atoms in total. The van der Waals surface area contributed by atoms with Crippen LogP contribution in [0.15, 0.2) is 22.7 Å². The van der Waals surface area contributed by atoms with Crippen LogP contribution in [0.5, 0.6) is 5.75 Å². The second kappa shape index (κ2) is 5.66. The first-order chi connectivity index (χ1) is 6.63. The van der Waals surface area contributed by atoms with E-state index in [0.717, 1.165) is 16.0 Å². The molecule has 0 aliphatic heterocycles. The van der Waals surface area contributed by atoms with Crippen LogP contribution in [0.2, 0.25) is 0 Å². The third kappa shape index (κ3) is 3.54. The largest absolute Gasteiger partial charge is 0.497 e. The Morgan fingerprint density at radius 1 is 1.43 bits per heavy atom. The first-order valence-electron chi connectivity index (χ1n) is 4.57. The topological polar surface area (TPSA) is 9.23 Å².